The molecule has 1 aromatic rings. The smallest absolute Gasteiger partial charge is 0.413 e. The van der Waals surface area contributed by atoms with Crippen molar-refractivity contribution in [2.45, 2.75) is 26.2 Å². The highest BCUT2D eigenvalue weighted by atomic mass is 16.6. The molecule has 0 saturated heterocycles. The predicted molar refractivity (Wildman–Crippen MR) is 80.1 cm³/mol. The molecule has 0 aromatic heterocycles. The zero-order valence-electron chi connectivity index (χ0n) is 12.9. The Hall–Kier alpha value is -2.57. The van der Waals surface area contributed by atoms with Gasteiger partial charge in [0.1, 0.15) is 5.75 Å². The third kappa shape index (κ3) is 5.28. The number of hydrogen-bond donors (Lipinski definition) is 1. The first-order valence-electron chi connectivity index (χ1n) is 7.45. The number of alkyl carbamates (subject to hydrolysis) is 1. The fraction of sp³-hybridized carbons (Fsp3) is 0.438. The normalized spacial score (nSPS) is 12.2. The monoisotopic (exact) mass is 321 g/mol. The van der Waals surface area contributed by atoms with E-state index in [-0.39, 0.29) is 13.2 Å². The summed E-state index contributed by atoms with van der Waals surface area (Å²) < 4.78 is 14.6. The van der Waals surface area contributed by atoms with Crippen molar-refractivity contribution in [1.29, 1.82) is 0 Å². The van der Waals surface area contributed by atoms with Crippen LogP contribution in [0.15, 0.2) is 18.2 Å². The average molecular weight is 321 g/mol. The van der Waals surface area contributed by atoms with Crippen LogP contribution in [0.2, 0.25) is 0 Å². The summed E-state index contributed by atoms with van der Waals surface area (Å²) in [6.07, 6.45) is 2.36. The van der Waals surface area contributed by atoms with Gasteiger partial charge in [-0.25, -0.2) is 9.59 Å². The van der Waals surface area contributed by atoms with Crippen LogP contribution in [0.5, 0.6) is 5.75 Å². The van der Waals surface area contributed by atoms with E-state index in [9.17, 15) is 14.4 Å². The number of imide groups is 1. The topological polar surface area (TPSA) is 90.9 Å². The first kappa shape index (κ1) is 16.8. The van der Waals surface area contributed by atoms with E-state index in [2.05, 4.69) is 4.74 Å². The Morgan fingerprint density at radius 1 is 1.09 bits per heavy atom. The van der Waals surface area contributed by atoms with Gasteiger partial charge in [0, 0.05) is 0 Å². The van der Waals surface area contributed by atoms with Crippen molar-refractivity contribution in [3.8, 4) is 5.75 Å². The molecule has 0 heterocycles. The number of aryl methyl sites for hydroxylation is 2. The van der Waals surface area contributed by atoms with Crippen molar-refractivity contribution in [3.05, 3.63) is 29.3 Å². The maximum Gasteiger partial charge on any atom is 0.413 e. The number of rotatable bonds is 6. The van der Waals surface area contributed by atoms with Crippen molar-refractivity contribution < 1.29 is 28.6 Å². The highest BCUT2D eigenvalue weighted by Gasteiger charge is 2.14. The number of amides is 2. The number of carbonyl (C=O) groups is 3. The Morgan fingerprint density at radius 2 is 1.87 bits per heavy atom. The average Bonchev–Trinajstić information content (AvgIpc) is 2.98. The van der Waals surface area contributed by atoms with E-state index < -0.39 is 24.6 Å². The molecule has 1 aromatic carbocycles. The molecule has 2 amide bonds. The summed E-state index contributed by atoms with van der Waals surface area (Å²) in [7, 11) is 0. The first-order chi connectivity index (χ1) is 11.1. The second-order valence-electron chi connectivity index (χ2n) is 5.00. The van der Waals surface area contributed by atoms with Crippen molar-refractivity contribution >= 4 is 18.0 Å². The third-order valence-corrected chi connectivity index (χ3v) is 3.31. The van der Waals surface area contributed by atoms with Crippen LogP contribution in [0.1, 0.15) is 24.5 Å². The molecular formula is C16H19NO6. The van der Waals surface area contributed by atoms with Gasteiger partial charge in [0.2, 0.25) is 0 Å². The molecule has 124 valence electrons. The number of carbonyl (C=O) groups excluding carboxylic acids is 3. The number of ether oxygens (including phenoxy) is 3. The van der Waals surface area contributed by atoms with Crippen LogP contribution >= 0.6 is 0 Å². The van der Waals surface area contributed by atoms with Gasteiger partial charge in [0.25, 0.3) is 5.91 Å². The van der Waals surface area contributed by atoms with E-state index in [1.165, 1.54) is 11.1 Å². The van der Waals surface area contributed by atoms with E-state index in [1.54, 1.807) is 6.92 Å². The van der Waals surface area contributed by atoms with Gasteiger partial charge < -0.3 is 14.2 Å². The Labute approximate surface area is 133 Å². The van der Waals surface area contributed by atoms with Gasteiger partial charge in [-0.3, -0.25) is 10.1 Å². The fourth-order valence-corrected chi connectivity index (χ4v) is 2.29. The van der Waals surface area contributed by atoms with Gasteiger partial charge in [-0.1, -0.05) is 6.07 Å². The predicted octanol–water partition coefficient (Wildman–Crippen LogP) is 1.37. The standard InChI is InChI=1S/C16H19NO6/c1-2-21-16(20)17-14(18)9-23-15(19)10-22-13-7-6-11-4-3-5-12(11)8-13/h6-8H,2-5,9-10H2,1H3,(H,17,18,20). The zero-order chi connectivity index (χ0) is 16.7. The van der Waals surface area contributed by atoms with Crippen molar-refractivity contribution in [3.63, 3.8) is 0 Å². The van der Waals surface area contributed by atoms with Crippen LogP contribution in [0.25, 0.3) is 0 Å². The summed E-state index contributed by atoms with van der Waals surface area (Å²) >= 11 is 0. The van der Waals surface area contributed by atoms with Crippen LogP contribution in [-0.4, -0.2) is 37.8 Å². The largest absolute Gasteiger partial charge is 0.482 e. The van der Waals surface area contributed by atoms with Crippen LogP contribution in [0.3, 0.4) is 0 Å². The molecule has 7 nitrogen and oxygen atoms in total. The Kier molecular flexibility index (Phi) is 5.96. The number of benzene rings is 1. The van der Waals surface area contributed by atoms with E-state index in [4.69, 9.17) is 9.47 Å². The van der Waals surface area contributed by atoms with Gasteiger partial charge in [-0.2, -0.15) is 0 Å². The number of nitrogens with one attached hydrogen (secondary N) is 1. The van der Waals surface area contributed by atoms with Crippen LogP contribution < -0.4 is 10.1 Å². The first-order valence-corrected chi connectivity index (χ1v) is 7.45. The minimum atomic E-state index is -0.872. The van der Waals surface area contributed by atoms with Gasteiger partial charge >= 0.3 is 12.1 Å². The van der Waals surface area contributed by atoms with Crippen molar-refractivity contribution in [1.82, 2.24) is 5.32 Å². The van der Waals surface area contributed by atoms with E-state index in [1.807, 2.05) is 23.5 Å². The summed E-state index contributed by atoms with van der Waals surface area (Å²) in [5.74, 6) is -0.850. The lowest BCUT2D eigenvalue weighted by Gasteiger charge is -2.08. The molecule has 0 bridgehead atoms. The second-order valence-corrected chi connectivity index (χ2v) is 5.00. The quantitative estimate of drug-likeness (QED) is 0.796. The summed E-state index contributed by atoms with van der Waals surface area (Å²) in [6, 6.07) is 5.73. The van der Waals surface area contributed by atoms with Crippen LogP contribution in [-0.2, 0) is 31.9 Å². The molecule has 7 heteroatoms. The molecule has 2 rings (SSSR count). The van der Waals surface area contributed by atoms with Gasteiger partial charge in [0.05, 0.1) is 6.61 Å². The van der Waals surface area contributed by atoms with Crippen LogP contribution in [0.4, 0.5) is 4.79 Å². The van der Waals surface area contributed by atoms with E-state index in [0.29, 0.717) is 5.75 Å². The minimum Gasteiger partial charge on any atom is -0.482 e. The molecule has 1 aliphatic rings. The van der Waals surface area contributed by atoms with Gasteiger partial charge in [0.15, 0.2) is 13.2 Å². The number of fused-ring (bicyclic) bond motifs is 1. The molecular weight excluding hydrogens is 302 g/mol. The highest BCUT2D eigenvalue weighted by Crippen LogP contribution is 2.25. The molecule has 0 unspecified atom stereocenters. The summed E-state index contributed by atoms with van der Waals surface area (Å²) in [5, 5.41) is 1.92. The summed E-state index contributed by atoms with van der Waals surface area (Å²) in [6.45, 7) is 0.893. The third-order valence-electron chi connectivity index (χ3n) is 3.31. The fourth-order valence-electron chi connectivity index (χ4n) is 2.29. The zero-order valence-corrected chi connectivity index (χ0v) is 12.9. The maximum absolute atomic E-state index is 11.5. The molecule has 1 aliphatic carbocycles. The van der Waals surface area contributed by atoms with E-state index in [0.717, 1.165) is 19.3 Å². The molecule has 0 radical (unpaired) electrons. The minimum absolute atomic E-state index is 0.146. The lowest BCUT2D eigenvalue weighted by atomic mass is 10.1. The van der Waals surface area contributed by atoms with Crippen LogP contribution in [0, 0.1) is 0 Å². The molecule has 0 fully saturated rings. The molecule has 0 saturated carbocycles. The van der Waals surface area contributed by atoms with Gasteiger partial charge in [-0.05, 0) is 49.4 Å². The van der Waals surface area contributed by atoms with Crippen molar-refractivity contribution in [2.24, 2.45) is 0 Å². The highest BCUT2D eigenvalue weighted by molar-refractivity contribution is 5.93. The van der Waals surface area contributed by atoms with E-state index >= 15 is 0 Å². The Morgan fingerprint density at radius 3 is 2.65 bits per heavy atom. The number of esters is 1. The molecule has 0 spiro atoms. The second kappa shape index (κ2) is 8.17. The maximum atomic E-state index is 11.5. The summed E-state index contributed by atoms with van der Waals surface area (Å²) in [5.41, 5.74) is 2.56. The summed E-state index contributed by atoms with van der Waals surface area (Å²) in [4.78, 5) is 33.8. The molecule has 0 aliphatic heterocycles. The molecule has 23 heavy (non-hydrogen) atoms. The SMILES string of the molecule is CCOC(=O)NC(=O)COC(=O)COc1ccc2c(c1)CCC2. The molecule has 0 atom stereocenters. The lowest BCUT2D eigenvalue weighted by Crippen LogP contribution is -2.35. The molecule has 1 N–H and O–H groups in total. The number of hydrogen-bond acceptors (Lipinski definition) is 6. The Balaban J connectivity index is 1.69. The van der Waals surface area contributed by atoms with Crippen molar-refractivity contribution in [2.75, 3.05) is 19.8 Å². The Bertz CT molecular complexity index is 598. The van der Waals surface area contributed by atoms with Gasteiger partial charge in [-0.15, -0.1) is 0 Å². The lowest BCUT2D eigenvalue weighted by molar-refractivity contribution is -0.150.